The van der Waals surface area contributed by atoms with E-state index in [0.29, 0.717) is 23.7 Å². The third kappa shape index (κ3) is 2.61. The molecule has 0 amide bonds. The molecule has 1 atom stereocenters. The van der Waals surface area contributed by atoms with Gasteiger partial charge in [-0.3, -0.25) is 9.59 Å². The lowest BCUT2D eigenvalue weighted by atomic mass is 9.73. The minimum absolute atomic E-state index is 0.183. The summed E-state index contributed by atoms with van der Waals surface area (Å²) in [6.45, 7) is 5.72. The van der Waals surface area contributed by atoms with E-state index in [1.165, 1.54) is 6.08 Å². The van der Waals surface area contributed by atoms with E-state index in [4.69, 9.17) is 4.74 Å². The molecule has 1 rings (SSSR count). The van der Waals surface area contributed by atoms with Crippen LogP contribution in [0.3, 0.4) is 0 Å². The van der Waals surface area contributed by atoms with Gasteiger partial charge in [0.15, 0.2) is 5.78 Å². The molecule has 88 valence electrons. The van der Waals surface area contributed by atoms with Crippen molar-refractivity contribution < 1.29 is 14.3 Å². The van der Waals surface area contributed by atoms with Crippen LogP contribution >= 0.6 is 15.9 Å². The molecule has 0 spiro atoms. The van der Waals surface area contributed by atoms with Gasteiger partial charge in [0.25, 0.3) is 0 Å². The molecule has 1 unspecified atom stereocenters. The molecule has 0 aliphatic heterocycles. The summed E-state index contributed by atoms with van der Waals surface area (Å²) in [5.41, 5.74) is -1.06. The van der Waals surface area contributed by atoms with Crippen molar-refractivity contribution in [3.63, 3.8) is 0 Å². The van der Waals surface area contributed by atoms with Crippen molar-refractivity contribution in [1.29, 1.82) is 0 Å². The van der Waals surface area contributed by atoms with E-state index >= 15 is 0 Å². The van der Waals surface area contributed by atoms with Crippen LogP contribution in [0.5, 0.6) is 0 Å². The van der Waals surface area contributed by atoms with Crippen LogP contribution in [0.2, 0.25) is 0 Å². The van der Waals surface area contributed by atoms with Gasteiger partial charge >= 0.3 is 5.97 Å². The van der Waals surface area contributed by atoms with E-state index < -0.39 is 11.4 Å². The van der Waals surface area contributed by atoms with Crippen LogP contribution in [0.4, 0.5) is 0 Å². The molecular weight excluding hydrogens is 272 g/mol. The monoisotopic (exact) mass is 286 g/mol. The molecule has 0 fully saturated rings. The van der Waals surface area contributed by atoms with Crippen molar-refractivity contribution in [2.24, 2.45) is 5.41 Å². The summed E-state index contributed by atoms with van der Waals surface area (Å²) in [5, 5.41) is 0. The fraction of sp³-hybridized carbons (Fsp3) is 0.500. The standard InChI is InChI=1S/C12H15BrO3/c1-3-16-11(15)12(8-9(2)13)7-5-4-6-10(12)14/h4,6H,2-3,5,7-8H2,1H3. The van der Waals surface area contributed by atoms with Gasteiger partial charge < -0.3 is 4.74 Å². The predicted octanol–water partition coefficient (Wildman–Crippen LogP) is 2.75. The summed E-state index contributed by atoms with van der Waals surface area (Å²) < 4.78 is 5.64. The number of halogens is 1. The molecule has 3 nitrogen and oxygen atoms in total. The third-order valence-corrected chi connectivity index (χ3v) is 2.92. The van der Waals surface area contributed by atoms with Crippen molar-refractivity contribution in [3.05, 3.63) is 23.2 Å². The summed E-state index contributed by atoms with van der Waals surface area (Å²) in [5.74, 6) is -0.622. The maximum Gasteiger partial charge on any atom is 0.320 e. The zero-order valence-corrected chi connectivity index (χ0v) is 10.9. The Balaban J connectivity index is 3.01. The van der Waals surface area contributed by atoms with Crippen LogP contribution in [0, 0.1) is 5.41 Å². The predicted molar refractivity (Wildman–Crippen MR) is 65.1 cm³/mol. The molecule has 16 heavy (non-hydrogen) atoms. The van der Waals surface area contributed by atoms with Gasteiger partial charge in [-0.05, 0) is 30.3 Å². The number of rotatable bonds is 4. The summed E-state index contributed by atoms with van der Waals surface area (Å²) in [6.07, 6.45) is 4.76. The highest BCUT2D eigenvalue weighted by Gasteiger charge is 2.46. The van der Waals surface area contributed by atoms with Gasteiger partial charge in [-0.2, -0.15) is 0 Å². The van der Waals surface area contributed by atoms with Crippen molar-refractivity contribution >= 4 is 27.7 Å². The SMILES string of the molecule is C=C(Br)CC1(C(=O)OCC)CCC=CC1=O. The molecule has 1 aliphatic carbocycles. The zero-order valence-electron chi connectivity index (χ0n) is 9.29. The van der Waals surface area contributed by atoms with Crippen molar-refractivity contribution in [1.82, 2.24) is 0 Å². The third-order valence-electron chi connectivity index (χ3n) is 2.64. The molecule has 0 bridgehead atoms. The van der Waals surface area contributed by atoms with Gasteiger partial charge in [-0.15, -0.1) is 0 Å². The Hall–Kier alpha value is -0.900. The van der Waals surface area contributed by atoms with Gasteiger partial charge in [0, 0.05) is 6.42 Å². The topological polar surface area (TPSA) is 43.4 Å². The van der Waals surface area contributed by atoms with Crippen LogP contribution in [0.15, 0.2) is 23.2 Å². The first kappa shape index (κ1) is 13.2. The molecule has 0 radical (unpaired) electrons. The first-order valence-corrected chi connectivity index (χ1v) is 6.03. The number of esters is 1. The first-order valence-electron chi connectivity index (χ1n) is 5.24. The highest BCUT2D eigenvalue weighted by molar-refractivity contribution is 9.11. The van der Waals surface area contributed by atoms with Crippen LogP contribution in [0.25, 0.3) is 0 Å². The van der Waals surface area contributed by atoms with E-state index in [2.05, 4.69) is 22.5 Å². The first-order chi connectivity index (χ1) is 7.53. The van der Waals surface area contributed by atoms with E-state index in [-0.39, 0.29) is 12.4 Å². The molecule has 0 aromatic heterocycles. The molecule has 0 aromatic rings. The van der Waals surface area contributed by atoms with E-state index in [0.717, 1.165) is 0 Å². The highest BCUT2D eigenvalue weighted by Crippen LogP contribution is 2.38. The number of hydrogen-bond acceptors (Lipinski definition) is 3. The lowest BCUT2D eigenvalue weighted by Gasteiger charge is -2.30. The molecule has 0 N–H and O–H groups in total. The number of ketones is 1. The average Bonchev–Trinajstić information content (AvgIpc) is 2.21. The van der Waals surface area contributed by atoms with Crippen LogP contribution < -0.4 is 0 Å². The number of carbonyl (C=O) groups is 2. The highest BCUT2D eigenvalue weighted by atomic mass is 79.9. The van der Waals surface area contributed by atoms with Crippen molar-refractivity contribution in [2.45, 2.75) is 26.2 Å². The van der Waals surface area contributed by atoms with Gasteiger partial charge in [-0.25, -0.2) is 0 Å². The molecule has 1 aliphatic rings. The summed E-state index contributed by atoms with van der Waals surface area (Å²) in [6, 6.07) is 0. The normalized spacial score (nSPS) is 24.2. The van der Waals surface area contributed by atoms with Crippen LogP contribution in [-0.2, 0) is 14.3 Å². The Morgan fingerprint density at radius 3 is 2.88 bits per heavy atom. The minimum Gasteiger partial charge on any atom is -0.465 e. The van der Waals surface area contributed by atoms with E-state index in [1.807, 2.05) is 0 Å². The quantitative estimate of drug-likeness (QED) is 0.590. The lowest BCUT2D eigenvalue weighted by molar-refractivity contribution is -0.159. The number of carbonyl (C=O) groups excluding carboxylic acids is 2. The average molecular weight is 287 g/mol. The summed E-state index contributed by atoms with van der Waals surface area (Å²) in [4.78, 5) is 23.8. The Morgan fingerprint density at radius 2 is 2.38 bits per heavy atom. The smallest absolute Gasteiger partial charge is 0.320 e. The Morgan fingerprint density at radius 1 is 1.69 bits per heavy atom. The second-order valence-electron chi connectivity index (χ2n) is 3.80. The molecule has 0 saturated carbocycles. The summed E-state index contributed by atoms with van der Waals surface area (Å²) >= 11 is 3.21. The van der Waals surface area contributed by atoms with Gasteiger partial charge in [0.2, 0.25) is 0 Å². The van der Waals surface area contributed by atoms with Gasteiger partial charge in [0.1, 0.15) is 5.41 Å². The largest absolute Gasteiger partial charge is 0.465 e. The zero-order chi connectivity index (χ0) is 12.2. The summed E-state index contributed by atoms with van der Waals surface area (Å²) in [7, 11) is 0. The number of allylic oxidation sites excluding steroid dienone is 3. The Bertz CT molecular complexity index is 346. The molecule has 4 heteroatoms. The van der Waals surface area contributed by atoms with E-state index in [1.54, 1.807) is 13.0 Å². The van der Waals surface area contributed by atoms with Crippen LogP contribution in [-0.4, -0.2) is 18.4 Å². The fourth-order valence-corrected chi connectivity index (χ4v) is 2.33. The fourth-order valence-electron chi connectivity index (χ4n) is 1.85. The maximum atomic E-state index is 11.9. The molecular formula is C12H15BrO3. The lowest BCUT2D eigenvalue weighted by Crippen LogP contribution is -2.41. The van der Waals surface area contributed by atoms with E-state index in [9.17, 15) is 9.59 Å². The van der Waals surface area contributed by atoms with Gasteiger partial charge in [0.05, 0.1) is 6.61 Å². The molecule has 0 saturated heterocycles. The second-order valence-corrected chi connectivity index (χ2v) is 4.92. The Kier molecular flexibility index (Phi) is 4.47. The van der Waals surface area contributed by atoms with Crippen molar-refractivity contribution in [3.8, 4) is 0 Å². The van der Waals surface area contributed by atoms with Crippen LogP contribution in [0.1, 0.15) is 26.2 Å². The van der Waals surface area contributed by atoms with Gasteiger partial charge in [-0.1, -0.05) is 28.6 Å². The molecule has 0 aromatic carbocycles. The molecule has 0 heterocycles. The number of ether oxygens (including phenoxy) is 1. The maximum absolute atomic E-state index is 11.9. The number of hydrogen-bond donors (Lipinski definition) is 0. The second kappa shape index (κ2) is 5.43. The minimum atomic E-state index is -1.06. The van der Waals surface area contributed by atoms with Crippen molar-refractivity contribution in [2.75, 3.05) is 6.61 Å². The Labute approximate surface area is 104 Å².